The number of aryl methyl sites for hydroxylation is 2. The van der Waals surface area contributed by atoms with Crippen LogP contribution in [0.4, 0.5) is 0 Å². The first kappa shape index (κ1) is 17.0. The molecule has 1 aromatic rings. The van der Waals surface area contributed by atoms with Gasteiger partial charge in [-0.05, 0) is 61.2 Å². The largest absolute Gasteiger partial charge is 0.145 e. The van der Waals surface area contributed by atoms with Crippen LogP contribution in [0, 0.1) is 0 Å². The molecule has 0 aliphatic heterocycles. The van der Waals surface area contributed by atoms with Crippen molar-refractivity contribution in [3.05, 3.63) is 15.8 Å². The first-order valence-electron chi connectivity index (χ1n) is 9.73. The third-order valence-electron chi connectivity index (χ3n) is 5.72. The zero-order valence-electron chi connectivity index (χ0n) is 14.6. The van der Waals surface area contributed by atoms with Crippen LogP contribution in [0.2, 0.25) is 0 Å². The van der Waals surface area contributed by atoms with E-state index in [4.69, 9.17) is 0 Å². The minimum Gasteiger partial charge on any atom is -0.145 e. The summed E-state index contributed by atoms with van der Waals surface area (Å²) in [7, 11) is 0.107. The lowest BCUT2D eigenvalue weighted by Crippen LogP contribution is -2.26. The second-order valence-electron chi connectivity index (χ2n) is 7.22. The lowest BCUT2D eigenvalue weighted by atomic mass is 9.99. The van der Waals surface area contributed by atoms with Gasteiger partial charge in [-0.1, -0.05) is 60.3 Å². The van der Waals surface area contributed by atoms with Crippen LogP contribution in [-0.4, -0.2) is 11.3 Å². The molecule has 0 spiro atoms. The summed E-state index contributed by atoms with van der Waals surface area (Å²) in [5.74, 6) is 0. The normalized spacial score (nSPS) is 21.6. The smallest absolute Gasteiger partial charge is 0.0122 e. The van der Waals surface area contributed by atoms with Gasteiger partial charge in [-0.2, -0.15) is 0 Å². The van der Waals surface area contributed by atoms with Crippen molar-refractivity contribution >= 4 is 24.6 Å². The van der Waals surface area contributed by atoms with Crippen molar-refractivity contribution in [2.24, 2.45) is 0 Å². The van der Waals surface area contributed by atoms with Crippen molar-refractivity contribution in [3.8, 4) is 0 Å². The van der Waals surface area contributed by atoms with Gasteiger partial charge in [-0.15, -0.1) is 11.3 Å². The van der Waals surface area contributed by atoms with Crippen LogP contribution in [0.5, 0.6) is 0 Å². The molecule has 0 bridgehead atoms. The molecule has 3 rings (SSSR count). The molecule has 2 aliphatic carbocycles. The molecular weight excluding hydrogens is 303 g/mol. The third-order valence-corrected chi connectivity index (χ3v) is 10.9. The van der Waals surface area contributed by atoms with E-state index in [1.54, 1.807) is 9.75 Å². The summed E-state index contributed by atoms with van der Waals surface area (Å²) in [6, 6.07) is 2.65. The zero-order chi connectivity index (χ0) is 15.4. The van der Waals surface area contributed by atoms with Gasteiger partial charge in [0, 0.05) is 9.75 Å². The average molecular weight is 337 g/mol. The van der Waals surface area contributed by atoms with Gasteiger partial charge >= 0.3 is 0 Å². The molecule has 1 aromatic heterocycles. The minimum absolute atomic E-state index is 0.107. The van der Waals surface area contributed by atoms with Gasteiger partial charge in [0.1, 0.15) is 0 Å². The molecule has 2 fully saturated rings. The molecule has 0 amide bonds. The molecule has 0 radical (unpaired) electrons. The van der Waals surface area contributed by atoms with E-state index in [0.29, 0.717) is 0 Å². The highest BCUT2D eigenvalue weighted by atomic mass is 32.1. The molecule has 0 aromatic carbocycles. The number of hydrogen-bond acceptors (Lipinski definition) is 1. The molecule has 22 heavy (non-hydrogen) atoms. The maximum absolute atomic E-state index is 2.65. The predicted molar refractivity (Wildman–Crippen MR) is 103 cm³/mol. The van der Waals surface area contributed by atoms with Crippen LogP contribution in [-0.2, 0) is 12.8 Å². The highest BCUT2D eigenvalue weighted by Crippen LogP contribution is 2.56. The van der Waals surface area contributed by atoms with Gasteiger partial charge in [0.25, 0.3) is 0 Å². The van der Waals surface area contributed by atoms with Crippen molar-refractivity contribution < 1.29 is 0 Å². The molecule has 1 heterocycles. The lowest BCUT2D eigenvalue weighted by molar-refractivity contribution is 0.487. The van der Waals surface area contributed by atoms with E-state index < -0.39 is 0 Å². The van der Waals surface area contributed by atoms with Gasteiger partial charge in [-0.3, -0.25) is 0 Å². The highest BCUT2D eigenvalue weighted by molar-refractivity contribution is 7.67. The fraction of sp³-hybridized carbons (Fsp3) is 0.800. The topological polar surface area (TPSA) is 0 Å². The van der Waals surface area contributed by atoms with Crippen molar-refractivity contribution in [1.82, 2.24) is 0 Å². The lowest BCUT2D eigenvalue weighted by Gasteiger charge is -2.38. The zero-order valence-corrected chi connectivity index (χ0v) is 16.3. The Labute approximate surface area is 142 Å². The Morgan fingerprint density at radius 1 is 0.864 bits per heavy atom. The van der Waals surface area contributed by atoms with E-state index in [1.807, 2.05) is 5.30 Å². The first-order valence-corrected chi connectivity index (χ1v) is 12.0. The van der Waals surface area contributed by atoms with Gasteiger partial charge < -0.3 is 0 Å². The van der Waals surface area contributed by atoms with E-state index in [2.05, 4.69) is 31.3 Å². The molecule has 124 valence electrons. The van der Waals surface area contributed by atoms with E-state index >= 15 is 0 Å². The monoisotopic (exact) mass is 336 g/mol. The maximum atomic E-state index is 2.65. The molecule has 0 unspecified atom stereocenters. The van der Waals surface area contributed by atoms with E-state index in [-0.39, 0.29) is 7.92 Å². The van der Waals surface area contributed by atoms with E-state index in [0.717, 1.165) is 11.3 Å². The summed E-state index contributed by atoms with van der Waals surface area (Å²) in [5.41, 5.74) is 2.10. The van der Waals surface area contributed by atoms with Crippen LogP contribution in [0.1, 0.15) is 87.8 Å². The summed E-state index contributed by atoms with van der Waals surface area (Å²) in [6.45, 7) is 4.71. The Balaban J connectivity index is 1.90. The standard InChI is InChI=1S/C20H33PS/c1-3-18-15-19(20(4-2)22-18)21(16-11-7-5-8-12-16)17-13-9-6-10-14-17/h15-17H,3-14H2,1-2H3. The fourth-order valence-corrected chi connectivity index (χ4v) is 9.99. The number of thiophene rings is 1. The third kappa shape index (κ3) is 3.78. The molecule has 2 aliphatic rings. The van der Waals surface area contributed by atoms with Crippen LogP contribution in [0.3, 0.4) is 0 Å². The maximum Gasteiger partial charge on any atom is 0.0122 e. The minimum atomic E-state index is 0.107. The van der Waals surface area contributed by atoms with Gasteiger partial charge in [0.2, 0.25) is 0 Å². The van der Waals surface area contributed by atoms with Crippen molar-refractivity contribution in [3.63, 3.8) is 0 Å². The molecular formula is C20H33PS. The second-order valence-corrected chi connectivity index (χ2v) is 11.2. The first-order chi connectivity index (χ1) is 10.8. The van der Waals surface area contributed by atoms with Crippen molar-refractivity contribution in [2.75, 3.05) is 0 Å². The summed E-state index contributed by atoms with van der Waals surface area (Å²) in [4.78, 5) is 3.39. The van der Waals surface area contributed by atoms with Gasteiger partial charge in [-0.25, -0.2) is 0 Å². The highest BCUT2D eigenvalue weighted by Gasteiger charge is 2.34. The molecule has 2 saturated carbocycles. The van der Waals surface area contributed by atoms with Crippen molar-refractivity contribution in [2.45, 2.75) is 102 Å². The average Bonchev–Trinajstić information content (AvgIpc) is 3.00. The van der Waals surface area contributed by atoms with Crippen molar-refractivity contribution in [1.29, 1.82) is 0 Å². The van der Waals surface area contributed by atoms with Crippen LogP contribution in [0.15, 0.2) is 6.07 Å². The van der Waals surface area contributed by atoms with Gasteiger partial charge in [0.15, 0.2) is 0 Å². The van der Waals surface area contributed by atoms with E-state index in [9.17, 15) is 0 Å². The quantitative estimate of drug-likeness (QED) is 0.528. The predicted octanol–water partition coefficient (Wildman–Crippen LogP) is 6.65. The summed E-state index contributed by atoms with van der Waals surface area (Å²) in [6.07, 6.45) is 17.6. The molecule has 0 nitrogen and oxygen atoms in total. The van der Waals surface area contributed by atoms with Crippen LogP contribution >= 0.6 is 19.3 Å². The summed E-state index contributed by atoms with van der Waals surface area (Å²) in [5, 5.41) is 1.86. The van der Waals surface area contributed by atoms with Crippen LogP contribution in [0.25, 0.3) is 0 Å². The molecule has 2 heteroatoms. The Morgan fingerprint density at radius 2 is 1.41 bits per heavy atom. The number of rotatable bonds is 5. The Hall–Kier alpha value is 0.130. The van der Waals surface area contributed by atoms with Crippen LogP contribution < -0.4 is 5.30 Å². The van der Waals surface area contributed by atoms with Gasteiger partial charge in [0.05, 0.1) is 0 Å². The van der Waals surface area contributed by atoms with E-state index in [1.165, 1.54) is 77.0 Å². The summed E-state index contributed by atoms with van der Waals surface area (Å²) >= 11 is 2.13. The Kier molecular flexibility index (Phi) is 6.40. The molecule has 0 saturated heterocycles. The number of hydrogen-bond donors (Lipinski definition) is 0. The molecule has 0 atom stereocenters. The second kappa shape index (κ2) is 8.29. The summed E-state index contributed by atoms with van der Waals surface area (Å²) < 4.78 is 0. The molecule has 0 N–H and O–H groups in total. The Morgan fingerprint density at radius 3 is 1.86 bits per heavy atom. The Bertz CT molecular complexity index is 434. The fourth-order valence-electron chi connectivity index (χ4n) is 4.53. The SMILES string of the molecule is CCc1cc(P(C2CCCCC2)C2CCCCC2)c(CC)s1.